The maximum atomic E-state index is 12.7. The number of esters is 1. The molecule has 2 aliphatic rings. The average Bonchev–Trinajstić information content (AvgIpc) is 3.35. The van der Waals surface area contributed by atoms with Crippen LogP contribution in [0.15, 0.2) is 41.0 Å². The quantitative estimate of drug-likeness (QED) is 0.541. The average molecular weight is 424 g/mol. The van der Waals surface area contributed by atoms with Crippen LogP contribution in [0.1, 0.15) is 69.9 Å². The predicted octanol–water partition coefficient (Wildman–Crippen LogP) is 3.02. The molecule has 0 N–H and O–H groups in total. The topological polar surface area (TPSA) is 97.1 Å². The number of piperidine rings is 1. The Labute approximate surface area is 179 Å². The molecule has 0 unspecified atom stereocenters. The number of rotatable bonds is 5. The van der Waals surface area contributed by atoms with Gasteiger partial charge >= 0.3 is 5.97 Å². The second-order valence-corrected chi connectivity index (χ2v) is 8.04. The van der Waals surface area contributed by atoms with E-state index in [0.29, 0.717) is 5.76 Å². The number of hydrogen-bond acceptors (Lipinski definition) is 6. The van der Waals surface area contributed by atoms with E-state index in [4.69, 9.17) is 9.15 Å². The van der Waals surface area contributed by atoms with Crippen molar-refractivity contribution in [1.29, 1.82) is 0 Å². The van der Waals surface area contributed by atoms with Crippen molar-refractivity contribution in [2.45, 2.75) is 51.7 Å². The van der Waals surface area contributed by atoms with Crippen LogP contribution in [0.3, 0.4) is 0 Å². The highest BCUT2D eigenvalue weighted by atomic mass is 16.5. The molecule has 8 nitrogen and oxygen atoms in total. The zero-order valence-corrected chi connectivity index (χ0v) is 17.5. The molecule has 1 fully saturated rings. The molecule has 1 aromatic heterocycles. The molecule has 2 aromatic rings. The van der Waals surface area contributed by atoms with E-state index in [0.717, 1.165) is 24.2 Å². The van der Waals surface area contributed by atoms with Gasteiger partial charge in [-0.25, -0.2) is 4.79 Å². The number of imide groups is 1. The number of benzene rings is 1. The number of hydrogen-bond donors (Lipinski definition) is 0. The van der Waals surface area contributed by atoms with Crippen LogP contribution in [0.2, 0.25) is 0 Å². The summed E-state index contributed by atoms with van der Waals surface area (Å²) in [7, 11) is 0. The van der Waals surface area contributed by atoms with Gasteiger partial charge in [-0.3, -0.25) is 19.3 Å². The lowest BCUT2D eigenvalue weighted by Crippen LogP contribution is -2.49. The molecular formula is C23H24N2O6. The first-order valence-corrected chi connectivity index (χ1v) is 10.4. The number of furan rings is 1. The number of carbonyl (C=O) groups excluding carboxylic acids is 4. The Morgan fingerprint density at radius 3 is 2.45 bits per heavy atom. The molecule has 0 saturated carbocycles. The van der Waals surface area contributed by atoms with Crippen LogP contribution in [0, 0.1) is 0 Å². The minimum atomic E-state index is -0.710. The molecule has 0 spiro atoms. The summed E-state index contributed by atoms with van der Waals surface area (Å²) in [4.78, 5) is 53.2. The maximum absolute atomic E-state index is 12.7. The van der Waals surface area contributed by atoms with E-state index in [1.807, 2.05) is 13.8 Å². The molecule has 3 heterocycles. The zero-order valence-electron chi connectivity index (χ0n) is 17.5. The minimum Gasteiger partial charge on any atom is -0.467 e. The molecular weight excluding hydrogens is 400 g/mol. The molecule has 2 atom stereocenters. The van der Waals surface area contributed by atoms with Crippen LogP contribution in [0.25, 0.3) is 0 Å². The van der Waals surface area contributed by atoms with Crippen molar-refractivity contribution in [2.75, 3.05) is 6.61 Å². The third-order valence-corrected chi connectivity index (χ3v) is 5.91. The molecule has 4 rings (SSSR count). The largest absolute Gasteiger partial charge is 0.467 e. The second kappa shape index (κ2) is 8.37. The van der Waals surface area contributed by atoms with Gasteiger partial charge in [-0.05, 0) is 63.4 Å². The summed E-state index contributed by atoms with van der Waals surface area (Å²) in [6.07, 6.45) is 4.40. The second-order valence-electron chi connectivity index (χ2n) is 8.04. The van der Waals surface area contributed by atoms with Crippen molar-refractivity contribution in [1.82, 2.24) is 9.80 Å². The van der Waals surface area contributed by atoms with Crippen LogP contribution in [0.4, 0.5) is 0 Å². The Balaban J connectivity index is 1.43. The number of nitrogens with zero attached hydrogens (tertiary/aromatic N) is 2. The van der Waals surface area contributed by atoms with Gasteiger partial charge in [0, 0.05) is 12.1 Å². The van der Waals surface area contributed by atoms with Crippen molar-refractivity contribution in [2.24, 2.45) is 0 Å². The van der Waals surface area contributed by atoms with Gasteiger partial charge in [-0.1, -0.05) is 0 Å². The molecule has 1 saturated heterocycles. The molecule has 0 radical (unpaired) electrons. The molecule has 162 valence electrons. The molecule has 31 heavy (non-hydrogen) atoms. The Morgan fingerprint density at radius 1 is 1.06 bits per heavy atom. The van der Waals surface area contributed by atoms with Gasteiger partial charge < -0.3 is 14.1 Å². The SMILES string of the molecule is C[C@@H]1CCC[C@@H](C)N1C(=O)COC(=O)c1ccc2c(c1)C(=O)N(Cc1ccco1)C2=O. The van der Waals surface area contributed by atoms with Crippen molar-refractivity contribution in [3.8, 4) is 0 Å². The van der Waals surface area contributed by atoms with Crippen molar-refractivity contribution >= 4 is 23.7 Å². The summed E-state index contributed by atoms with van der Waals surface area (Å²) < 4.78 is 10.4. The van der Waals surface area contributed by atoms with Crippen LogP contribution >= 0.6 is 0 Å². The monoisotopic (exact) mass is 424 g/mol. The van der Waals surface area contributed by atoms with E-state index < -0.39 is 17.8 Å². The smallest absolute Gasteiger partial charge is 0.338 e. The Bertz CT molecular complexity index is 1020. The van der Waals surface area contributed by atoms with Crippen molar-refractivity contribution in [3.05, 3.63) is 59.0 Å². The van der Waals surface area contributed by atoms with Gasteiger partial charge in [0.15, 0.2) is 6.61 Å². The molecule has 3 amide bonds. The van der Waals surface area contributed by atoms with Crippen LogP contribution in [-0.2, 0) is 16.1 Å². The number of likely N-dealkylation sites (tertiary alicyclic amines) is 1. The van der Waals surface area contributed by atoms with Gasteiger partial charge in [0.1, 0.15) is 5.76 Å². The minimum absolute atomic E-state index is 0.0137. The first kappa shape index (κ1) is 20.8. The molecule has 0 aliphatic carbocycles. The van der Waals surface area contributed by atoms with Crippen molar-refractivity contribution in [3.63, 3.8) is 0 Å². The zero-order chi connectivity index (χ0) is 22.1. The summed E-state index contributed by atoms with van der Waals surface area (Å²) in [6.45, 7) is 3.64. The van der Waals surface area contributed by atoms with E-state index in [2.05, 4.69) is 0 Å². The van der Waals surface area contributed by atoms with E-state index in [-0.39, 0.29) is 47.8 Å². The molecule has 1 aromatic carbocycles. The van der Waals surface area contributed by atoms with Gasteiger partial charge in [-0.15, -0.1) is 0 Å². The van der Waals surface area contributed by atoms with Gasteiger partial charge in [0.05, 0.1) is 29.5 Å². The number of amides is 3. The lowest BCUT2D eigenvalue weighted by molar-refractivity contribution is -0.140. The maximum Gasteiger partial charge on any atom is 0.338 e. The molecule has 8 heteroatoms. The standard InChI is InChI=1S/C23H24N2O6/c1-14-5-3-6-15(2)25(14)20(26)13-31-23(29)16-8-9-18-19(11-16)22(28)24(21(18)27)12-17-7-4-10-30-17/h4,7-11,14-15H,3,5-6,12-13H2,1-2H3/t14-,15-/m1/s1. The fraction of sp³-hybridized carbons (Fsp3) is 0.391. The van der Waals surface area contributed by atoms with Crippen LogP contribution in [0.5, 0.6) is 0 Å². The lowest BCUT2D eigenvalue weighted by Gasteiger charge is -2.38. The van der Waals surface area contributed by atoms with E-state index in [1.54, 1.807) is 17.0 Å². The first-order chi connectivity index (χ1) is 14.9. The number of carbonyl (C=O) groups is 4. The highest BCUT2D eigenvalue weighted by Gasteiger charge is 2.37. The highest BCUT2D eigenvalue weighted by Crippen LogP contribution is 2.26. The number of ether oxygens (including phenoxy) is 1. The van der Waals surface area contributed by atoms with Crippen LogP contribution < -0.4 is 0 Å². The van der Waals surface area contributed by atoms with Crippen LogP contribution in [-0.4, -0.2) is 52.2 Å². The Hall–Kier alpha value is -3.42. The summed E-state index contributed by atoms with van der Waals surface area (Å²) in [5, 5.41) is 0. The third-order valence-electron chi connectivity index (χ3n) is 5.91. The summed E-state index contributed by atoms with van der Waals surface area (Å²) >= 11 is 0. The van der Waals surface area contributed by atoms with E-state index >= 15 is 0 Å². The Morgan fingerprint density at radius 2 is 1.77 bits per heavy atom. The fourth-order valence-electron chi connectivity index (χ4n) is 4.32. The summed E-state index contributed by atoms with van der Waals surface area (Å²) in [5.74, 6) is -1.41. The summed E-state index contributed by atoms with van der Waals surface area (Å²) in [6, 6.07) is 7.78. The lowest BCUT2D eigenvalue weighted by atomic mass is 9.97. The van der Waals surface area contributed by atoms with E-state index in [9.17, 15) is 19.2 Å². The fourth-order valence-corrected chi connectivity index (χ4v) is 4.32. The third kappa shape index (κ3) is 3.97. The van der Waals surface area contributed by atoms with E-state index in [1.165, 1.54) is 24.5 Å². The van der Waals surface area contributed by atoms with Gasteiger partial charge in [-0.2, -0.15) is 0 Å². The Kier molecular flexibility index (Phi) is 5.63. The number of fused-ring (bicyclic) bond motifs is 1. The first-order valence-electron chi connectivity index (χ1n) is 10.4. The predicted molar refractivity (Wildman–Crippen MR) is 109 cm³/mol. The normalized spacial score (nSPS) is 20.7. The van der Waals surface area contributed by atoms with Crippen molar-refractivity contribution < 1.29 is 28.3 Å². The molecule has 2 aliphatic heterocycles. The highest BCUT2D eigenvalue weighted by molar-refractivity contribution is 6.21. The summed E-state index contributed by atoms with van der Waals surface area (Å²) in [5.41, 5.74) is 0.475. The molecule has 0 bridgehead atoms. The van der Waals surface area contributed by atoms with Gasteiger partial charge in [0.2, 0.25) is 0 Å². The van der Waals surface area contributed by atoms with Gasteiger partial charge in [0.25, 0.3) is 17.7 Å².